The van der Waals surface area contributed by atoms with Crippen molar-refractivity contribution in [2.45, 2.75) is 0 Å². The second-order valence-corrected chi connectivity index (χ2v) is 3.89. The van der Waals surface area contributed by atoms with Gasteiger partial charge in [-0.2, -0.15) is 0 Å². The van der Waals surface area contributed by atoms with Crippen LogP contribution in [0.25, 0.3) is 11.1 Å². The Morgan fingerprint density at radius 2 is 1.82 bits per heavy atom. The van der Waals surface area contributed by atoms with E-state index in [1.807, 2.05) is 0 Å². The maximum absolute atomic E-state index is 11.0. The number of halogens is 1. The van der Waals surface area contributed by atoms with Gasteiger partial charge >= 0.3 is 0 Å². The normalized spacial score (nSPS) is 10.2. The Balaban J connectivity index is 2.75. The number of anilines is 1. The van der Waals surface area contributed by atoms with Gasteiger partial charge in [-0.05, 0) is 12.1 Å². The summed E-state index contributed by atoms with van der Waals surface area (Å²) in [6.07, 6.45) is 0. The topological polar surface area (TPSA) is 69.2 Å². The first kappa shape index (κ1) is 11.4. The average Bonchev–Trinajstić information content (AvgIpc) is 2.30. The lowest BCUT2D eigenvalue weighted by atomic mass is 10.0. The predicted molar refractivity (Wildman–Crippen MR) is 68.0 cm³/mol. The third kappa shape index (κ3) is 2.07. The summed E-state index contributed by atoms with van der Waals surface area (Å²) in [7, 11) is 0. The highest BCUT2D eigenvalue weighted by molar-refractivity contribution is 6.34. The van der Waals surface area contributed by atoms with Crippen LogP contribution in [0.15, 0.2) is 42.5 Å². The van der Waals surface area contributed by atoms with Crippen molar-refractivity contribution >= 4 is 23.0 Å². The summed E-state index contributed by atoms with van der Waals surface area (Å²) in [5, 5.41) is 11.3. The molecule has 2 aromatic rings. The molecule has 2 aromatic carbocycles. The Morgan fingerprint density at radius 3 is 2.47 bits per heavy atom. The first-order valence-corrected chi connectivity index (χ1v) is 5.27. The number of nitrogen functional groups attached to an aromatic ring is 1. The van der Waals surface area contributed by atoms with Crippen molar-refractivity contribution in [3.8, 4) is 11.1 Å². The van der Waals surface area contributed by atoms with Gasteiger partial charge < -0.3 is 5.73 Å². The molecule has 0 radical (unpaired) electrons. The number of rotatable bonds is 2. The average molecular weight is 249 g/mol. The first-order chi connectivity index (χ1) is 8.11. The second-order valence-electron chi connectivity index (χ2n) is 3.48. The molecule has 0 aliphatic carbocycles. The molecule has 0 aromatic heterocycles. The maximum Gasteiger partial charge on any atom is 0.278 e. The number of benzene rings is 2. The van der Waals surface area contributed by atoms with Crippen molar-refractivity contribution < 1.29 is 4.92 Å². The molecule has 5 heteroatoms. The van der Waals surface area contributed by atoms with Crippen molar-refractivity contribution in [3.05, 3.63) is 57.6 Å². The molecule has 4 nitrogen and oxygen atoms in total. The number of nitrogens with two attached hydrogens (primary N) is 1. The zero-order valence-electron chi connectivity index (χ0n) is 8.76. The van der Waals surface area contributed by atoms with Crippen LogP contribution in [-0.4, -0.2) is 4.92 Å². The Bertz CT molecular complexity index is 584. The highest BCUT2D eigenvalue weighted by Crippen LogP contribution is 2.38. The van der Waals surface area contributed by atoms with Gasteiger partial charge in [-0.15, -0.1) is 0 Å². The first-order valence-electron chi connectivity index (χ1n) is 4.89. The van der Waals surface area contributed by atoms with Crippen LogP contribution in [0.4, 0.5) is 11.4 Å². The largest absolute Gasteiger partial charge is 0.398 e. The van der Waals surface area contributed by atoms with Crippen LogP contribution in [0.2, 0.25) is 5.02 Å². The van der Waals surface area contributed by atoms with Gasteiger partial charge in [0.05, 0.1) is 15.5 Å². The van der Waals surface area contributed by atoms with Gasteiger partial charge in [0.2, 0.25) is 0 Å². The van der Waals surface area contributed by atoms with E-state index in [4.69, 9.17) is 17.3 Å². The van der Waals surface area contributed by atoms with E-state index in [0.29, 0.717) is 21.8 Å². The number of hydrogen-bond acceptors (Lipinski definition) is 3. The molecular weight excluding hydrogens is 240 g/mol. The summed E-state index contributed by atoms with van der Waals surface area (Å²) in [5.41, 5.74) is 7.16. The molecular formula is C12H9ClN2O2. The van der Waals surface area contributed by atoms with Gasteiger partial charge in [-0.1, -0.05) is 35.9 Å². The van der Waals surface area contributed by atoms with Crippen LogP contribution in [-0.2, 0) is 0 Å². The summed E-state index contributed by atoms with van der Waals surface area (Å²) in [4.78, 5) is 10.5. The van der Waals surface area contributed by atoms with Crippen LogP contribution in [0.3, 0.4) is 0 Å². The summed E-state index contributed by atoms with van der Waals surface area (Å²) in [5.74, 6) is 0. The second kappa shape index (κ2) is 4.43. The highest BCUT2D eigenvalue weighted by Gasteiger charge is 2.19. The Kier molecular flexibility index (Phi) is 2.97. The molecule has 17 heavy (non-hydrogen) atoms. The molecule has 0 unspecified atom stereocenters. The number of nitro groups is 1. The molecule has 0 spiro atoms. The van der Waals surface area contributed by atoms with Gasteiger partial charge in [0.15, 0.2) is 0 Å². The fourth-order valence-corrected chi connectivity index (χ4v) is 1.93. The standard InChI is InChI=1S/C12H9ClN2O2/c13-9-5-3-7-11(15(16)17)12(9)8-4-1-2-6-10(8)14/h1-7H,14H2. The van der Waals surface area contributed by atoms with Crippen molar-refractivity contribution in [1.29, 1.82) is 0 Å². The fourth-order valence-electron chi connectivity index (χ4n) is 1.66. The van der Waals surface area contributed by atoms with Crippen LogP contribution in [0.1, 0.15) is 0 Å². The molecule has 0 aliphatic heterocycles. The Labute approximate surface area is 103 Å². The van der Waals surface area contributed by atoms with Crippen molar-refractivity contribution in [2.75, 3.05) is 5.73 Å². The van der Waals surface area contributed by atoms with E-state index in [1.54, 1.807) is 36.4 Å². The molecule has 0 heterocycles. The SMILES string of the molecule is Nc1ccccc1-c1c(Cl)cccc1[N+](=O)[O-]. The third-order valence-corrected chi connectivity index (χ3v) is 2.73. The van der Waals surface area contributed by atoms with Crippen molar-refractivity contribution in [3.63, 3.8) is 0 Å². The summed E-state index contributed by atoms with van der Waals surface area (Å²) >= 11 is 6.02. The third-order valence-electron chi connectivity index (χ3n) is 2.42. The van der Waals surface area contributed by atoms with E-state index in [2.05, 4.69) is 0 Å². The van der Waals surface area contributed by atoms with Crippen LogP contribution in [0.5, 0.6) is 0 Å². The van der Waals surface area contributed by atoms with E-state index >= 15 is 0 Å². The van der Waals surface area contributed by atoms with Gasteiger partial charge in [-0.3, -0.25) is 10.1 Å². The number of para-hydroxylation sites is 1. The molecule has 0 amide bonds. The molecule has 0 atom stereocenters. The lowest BCUT2D eigenvalue weighted by Crippen LogP contribution is -1.95. The Hall–Kier alpha value is -2.07. The minimum Gasteiger partial charge on any atom is -0.398 e. The van der Waals surface area contributed by atoms with Crippen LogP contribution in [0, 0.1) is 10.1 Å². The smallest absolute Gasteiger partial charge is 0.278 e. The zero-order valence-corrected chi connectivity index (χ0v) is 9.52. The fraction of sp³-hybridized carbons (Fsp3) is 0. The van der Waals surface area contributed by atoms with Gasteiger partial charge in [0, 0.05) is 17.3 Å². The van der Waals surface area contributed by atoms with Crippen LogP contribution < -0.4 is 5.73 Å². The molecule has 2 N–H and O–H groups in total. The number of nitro benzene ring substituents is 1. The predicted octanol–water partition coefficient (Wildman–Crippen LogP) is 3.50. The minimum atomic E-state index is -0.465. The Morgan fingerprint density at radius 1 is 1.12 bits per heavy atom. The zero-order chi connectivity index (χ0) is 12.4. The van der Waals surface area contributed by atoms with E-state index in [1.165, 1.54) is 6.07 Å². The lowest BCUT2D eigenvalue weighted by Gasteiger charge is -2.08. The quantitative estimate of drug-likeness (QED) is 0.502. The van der Waals surface area contributed by atoms with Crippen molar-refractivity contribution in [2.24, 2.45) is 0 Å². The lowest BCUT2D eigenvalue weighted by molar-refractivity contribution is -0.384. The van der Waals surface area contributed by atoms with E-state index in [-0.39, 0.29) is 5.69 Å². The molecule has 0 saturated heterocycles. The molecule has 0 bridgehead atoms. The summed E-state index contributed by atoms with van der Waals surface area (Å²) < 4.78 is 0. The number of nitrogens with zero attached hydrogens (tertiary/aromatic N) is 1. The number of hydrogen-bond donors (Lipinski definition) is 1. The van der Waals surface area contributed by atoms with E-state index < -0.39 is 4.92 Å². The molecule has 86 valence electrons. The van der Waals surface area contributed by atoms with Crippen LogP contribution >= 0.6 is 11.6 Å². The van der Waals surface area contributed by atoms with E-state index in [0.717, 1.165) is 0 Å². The molecule has 0 saturated carbocycles. The monoisotopic (exact) mass is 248 g/mol. The highest BCUT2D eigenvalue weighted by atomic mass is 35.5. The summed E-state index contributed by atoms with van der Waals surface area (Å²) in [6.45, 7) is 0. The van der Waals surface area contributed by atoms with E-state index in [9.17, 15) is 10.1 Å². The molecule has 2 rings (SSSR count). The maximum atomic E-state index is 11.0. The molecule has 0 fully saturated rings. The van der Waals surface area contributed by atoms with Gasteiger partial charge in [0.1, 0.15) is 0 Å². The van der Waals surface area contributed by atoms with Gasteiger partial charge in [0.25, 0.3) is 5.69 Å². The van der Waals surface area contributed by atoms with Gasteiger partial charge in [-0.25, -0.2) is 0 Å². The molecule has 0 aliphatic rings. The summed E-state index contributed by atoms with van der Waals surface area (Å²) in [6, 6.07) is 11.5. The minimum absolute atomic E-state index is 0.0459. The van der Waals surface area contributed by atoms with Crippen molar-refractivity contribution in [1.82, 2.24) is 0 Å².